The standard InChI is InChI=1S/C12H24N4O/c1-6-7-10(13)11-14-12(15-17-11)16(8(2)3)9(4)5/h8-10H,6-7,13H2,1-5H3/t10-/m0/s1. The topological polar surface area (TPSA) is 68.2 Å². The number of anilines is 1. The van der Waals surface area contributed by atoms with Crippen LogP contribution in [0.4, 0.5) is 5.95 Å². The van der Waals surface area contributed by atoms with E-state index in [4.69, 9.17) is 10.3 Å². The summed E-state index contributed by atoms with van der Waals surface area (Å²) < 4.78 is 5.23. The summed E-state index contributed by atoms with van der Waals surface area (Å²) in [6, 6.07) is 0.521. The number of rotatable bonds is 6. The third-order valence-electron chi connectivity index (χ3n) is 2.69. The first-order chi connectivity index (χ1) is 7.97. The van der Waals surface area contributed by atoms with Crippen molar-refractivity contribution in [3.8, 4) is 0 Å². The van der Waals surface area contributed by atoms with Crippen molar-refractivity contribution >= 4 is 5.95 Å². The van der Waals surface area contributed by atoms with Crippen LogP contribution in [0.5, 0.6) is 0 Å². The van der Waals surface area contributed by atoms with Crippen LogP contribution in [0.1, 0.15) is 59.4 Å². The highest BCUT2D eigenvalue weighted by Crippen LogP contribution is 2.20. The molecule has 0 fully saturated rings. The molecule has 0 amide bonds. The van der Waals surface area contributed by atoms with Crippen LogP contribution in [0, 0.1) is 0 Å². The average molecular weight is 240 g/mol. The summed E-state index contributed by atoms with van der Waals surface area (Å²) in [5.41, 5.74) is 5.96. The summed E-state index contributed by atoms with van der Waals surface area (Å²) in [5, 5.41) is 4.02. The molecule has 0 spiro atoms. The highest BCUT2D eigenvalue weighted by Gasteiger charge is 2.21. The second-order valence-electron chi connectivity index (χ2n) is 4.92. The van der Waals surface area contributed by atoms with Gasteiger partial charge in [0.15, 0.2) is 0 Å². The summed E-state index contributed by atoms with van der Waals surface area (Å²) >= 11 is 0. The van der Waals surface area contributed by atoms with Gasteiger partial charge in [0.05, 0.1) is 6.04 Å². The van der Waals surface area contributed by atoms with E-state index >= 15 is 0 Å². The minimum atomic E-state index is -0.151. The minimum absolute atomic E-state index is 0.151. The van der Waals surface area contributed by atoms with Crippen LogP contribution in [0.3, 0.4) is 0 Å². The van der Waals surface area contributed by atoms with E-state index in [1.807, 2.05) is 0 Å². The fourth-order valence-corrected chi connectivity index (χ4v) is 1.98. The average Bonchev–Trinajstić information content (AvgIpc) is 2.66. The molecule has 0 saturated carbocycles. The zero-order chi connectivity index (χ0) is 13.0. The molecular weight excluding hydrogens is 216 g/mol. The maximum atomic E-state index is 5.96. The molecule has 0 aliphatic carbocycles. The third-order valence-corrected chi connectivity index (χ3v) is 2.69. The molecule has 1 rings (SSSR count). The Labute approximate surface area is 103 Å². The van der Waals surface area contributed by atoms with E-state index in [0.717, 1.165) is 12.8 Å². The zero-order valence-electron chi connectivity index (χ0n) is 11.5. The lowest BCUT2D eigenvalue weighted by Crippen LogP contribution is -2.37. The van der Waals surface area contributed by atoms with Gasteiger partial charge in [-0.3, -0.25) is 0 Å². The van der Waals surface area contributed by atoms with Gasteiger partial charge in [0.2, 0.25) is 5.89 Å². The number of nitrogens with two attached hydrogens (primary N) is 1. The molecule has 1 atom stereocenters. The quantitative estimate of drug-likeness (QED) is 0.827. The van der Waals surface area contributed by atoms with E-state index in [9.17, 15) is 0 Å². The van der Waals surface area contributed by atoms with Gasteiger partial charge in [-0.2, -0.15) is 4.98 Å². The first-order valence-electron chi connectivity index (χ1n) is 6.34. The highest BCUT2D eigenvalue weighted by atomic mass is 16.5. The van der Waals surface area contributed by atoms with Gasteiger partial charge >= 0.3 is 0 Å². The maximum Gasteiger partial charge on any atom is 0.266 e. The lowest BCUT2D eigenvalue weighted by atomic mass is 10.2. The Morgan fingerprint density at radius 1 is 1.24 bits per heavy atom. The normalized spacial score (nSPS) is 13.4. The lowest BCUT2D eigenvalue weighted by molar-refractivity contribution is 0.346. The van der Waals surface area contributed by atoms with Crippen molar-refractivity contribution in [2.45, 2.75) is 65.6 Å². The second-order valence-corrected chi connectivity index (χ2v) is 4.92. The van der Waals surface area contributed by atoms with Crippen LogP contribution in [0.25, 0.3) is 0 Å². The number of aromatic nitrogens is 2. The van der Waals surface area contributed by atoms with Crippen molar-refractivity contribution in [3.05, 3.63) is 5.89 Å². The molecule has 1 heterocycles. The largest absolute Gasteiger partial charge is 0.336 e. The highest BCUT2D eigenvalue weighted by molar-refractivity contribution is 5.30. The van der Waals surface area contributed by atoms with Crippen LogP contribution < -0.4 is 10.6 Å². The van der Waals surface area contributed by atoms with E-state index in [-0.39, 0.29) is 6.04 Å². The van der Waals surface area contributed by atoms with Crippen LogP contribution in [0.15, 0.2) is 4.52 Å². The van der Waals surface area contributed by atoms with Crippen LogP contribution in [-0.2, 0) is 0 Å². The van der Waals surface area contributed by atoms with E-state index < -0.39 is 0 Å². The van der Waals surface area contributed by atoms with Gasteiger partial charge < -0.3 is 15.2 Å². The molecule has 1 aromatic heterocycles. The molecule has 0 radical (unpaired) electrons. The molecule has 2 N–H and O–H groups in total. The molecule has 0 aliphatic rings. The van der Waals surface area contributed by atoms with Gasteiger partial charge in [0.1, 0.15) is 0 Å². The van der Waals surface area contributed by atoms with Crippen molar-refractivity contribution in [2.75, 3.05) is 4.90 Å². The molecule has 5 nitrogen and oxygen atoms in total. The first kappa shape index (κ1) is 14.0. The predicted octanol–water partition coefficient (Wildman–Crippen LogP) is 2.49. The third kappa shape index (κ3) is 3.43. The fourth-order valence-electron chi connectivity index (χ4n) is 1.98. The molecule has 0 saturated heterocycles. The van der Waals surface area contributed by atoms with Gasteiger partial charge in [-0.25, -0.2) is 0 Å². The van der Waals surface area contributed by atoms with Crippen molar-refractivity contribution in [2.24, 2.45) is 5.73 Å². The molecule has 0 bridgehead atoms. The summed E-state index contributed by atoms with van der Waals surface area (Å²) in [5.74, 6) is 1.17. The van der Waals surface area contributed by atoms with Gasteiger partial charge in [0, 0.05) is 12.1 Å². The number of hydrogen-bond donors (Lipinski definition) is 1. The minimum Gasteiger partial charge on any atom is -0.336 e. The maximum absolute atomic E-state index is 5.96. The van der Waals surface area contributed by atoms with E-state index in [0.29, 0.717) is 23.9 Å². The van der Waals surface area contributed by atoms with Gasteiger partial charge in [-0.1, -0.05) is 13.3 Å². The summed E-state index contributed by atoms with van der Waals surface area (Å²) in [4.78, 5) is 6.51. The Bertz CT molecular complexity index is 327. The predicted molar refractivity (Wildman–Crippen MR) is 68.9 cm³/mol. The van der Waals surface area contributed by atoms with Gasteiger partial charge in [0.25, 0.3) is 5.95 Å². The molecule has 0 aliphatic heterocycles. The monoisotopic (exact) mass is 240 g/mol. The summed E-state index contributed by atoms with van der Waals surface area (Å²) in [6.07, 6.45) is 1.88. The van der Waals surface area contributed by atoms with E-state index in [2.05, 4.69) is 49.7 Å². The van der Waals surface area contributed by atoms with Crippen molar-refractivity contribution in [1.29, 1.82) is 0 Å². The van der Waals surface area contributed by atoms with E-state index in [1.165, 1.54) is 0 Å². The van der Waals surface area contributed by atoms with Gasteiger partial charge in [-0.05, 0) is 39.3 Å². The molecule has 5 heteroatoms. The zero-order valence-corrected chi connectivity index (χ0v) is 11.5. The van der Waals surface area contributed by atoms with Crippen LogP contribution >= 0.6 is 0 Å². The summed E-state index contributed by atoms with van der Waals surface area (Å²) in [6.45, 7) is 10.5. The molecular formula is C12H24N4O. The van der Waals surface area contributed by atoms with Crippen molar-refractivity contribution < 1.29 is 4.52 Å². The van der Waals surface area contributed by atoms with Crippen molar-refractivity contribution in [1.82, 2.24) is 10.1 Å². The SMILES string of the molecule is CCC[C@H](N)c1nc(N(C(C)C)C(C)C)no1. The smallest absolute Gasteiger partial charge is 0.266 e. The van der Waals surface area contributed by atoms with E-state index in [1.54, 1.807) is 0 Å². The summed E-state index contributed by atoms with van der Waals surface area (Å²) in [7, 11) is 0. The van der Waals surface area contributed by atoms with Gasteiger partial charge in [-0.15, -0.1) is 0 Å². The molecule has 0 unspecified atom stereocenters. The Kier molecular flexibility index (Phi) is 4.93. The molecule has 98 valence electrons. The Morgan fingerprint density at radius 2 is 1.82 bits per heavy atom. The number of nitrogens with zero attached hydrogens (tertiary/aromatic N) is 3. The molecule has 17 heavy (non-hydrogen) atoms. The molecule has 1 aromatic rings. The Morgan fingerprint density at radius 3 is 2.29 bits per heavy atom. The second kappa shape index (κ2) is 6.00. The number of hydrogen-bond acceptors (Lipinski definition) is 5. The molecule has 0 aromatic carbocycles. The lowest BCUT2D eigenvalue weighted by Gasteiger charge is -2.28. The van der Waals surface area contributed by atoms with Crippen LogP contribution in [0.2, 0.25) is 0 Å². The Balaban J connectivity index is 2.85. The Hall–Kier alpha value is -1.10. The van der Waals surface area contributed by atoms with Crippen molar-refractivity contribution in [3.63, 3.8) is 0 Å². The first-order valence-corrected chi connectivity index (χ1v) is 6.34. The van der Waals surface area contributed by atoms with Crippen LogP contribution in [-0.4, -0.2) is 22.2 Å². The fraction of sp³-hybridized carbons (Fsp3) is 0.833.